The molecule has 1 aromatic heterocycles. The van der Waals surface area contributed by atoms with Gasteiger partial charge in [-0.2, -0.15) is 5.10 Å². The van der Waals surface area contributed by atoms with E-state index in [0.29, 0.717) is 12.6 Å². The van der Waals surface area contributed by atoms with Crippen molar-refractivity contribution in [2.45, 2.75) is 39.2 Å². The van der Waals surface area contributed by atoms with Crippen molar-refractivity contribution in [1.29, 1.82) is 0 Å². The minimum absolute atomic E-state index is 0. The Labute approximate surface area is 207 Å². The summed E-state index contributed by atoms with van der Waals surface area (Å²) < 4.78 is 7.70. The molecule has 1 amide bonds. The molecular formula is C23H35IN6O2. The Morgan fingerprint density at radius 3 is 2.75 bits per heavy atom. The van der Waals surface area contributed by atoms with Crippen molar-refractivity contribution in [3.8, 4) is 5.75 Å². The number of ether oxygens (including phenoxy) is 1. The summed E-state index contributed by atoms with van der Waals surface area (Å²) >= 11 is 0. The van der Waals surface area contributed by atoms with Gasteiger partial charge in [0.15, 0.2) is 5.96 Å². The molecule has 0 aliphatic carbocycles. The van der Waals surface area contributed by atoms with E-state index in [1.54, 1.807) is 19.0 Å². The van der Waals surface area contributed by atoms with Gasteiger partial charge in [-0.25, -0.2) is 4.99 Å². The van der Waals surface area contributed by atoms with Crippen LogP contribution < -0.4 is 15.4 Å². The lowest BCUT2D eigenvalue weighted by Gasteiger charge is -2.28. The van der Waals surface area contributed by atoms with E-state index in [9.17, 15) is 4.79 Å². The number of rotatable bonds is 7. The SMILES string of the molecule is Cc1nn(C)c(C)c1CCCNC(=NCC(=O)N(C)C)NC1CCOc2ccccc21.I. The summed E-state index contributed by atoms with van der Waals surface area (Å²) in [7, 11) is 5.46. The van der Waals surface area contributed by atoms with Gasteiger partial charge in [-0.15, -0.1) is 24.0 Å². The normalized spacial score (nSPS) is 15.3. The number of guanidine groups is 1. The van der Waals surface area contributed by atoms with Gasteiger partial charge in [-0.1, -0.05) is 18.2 Å². The monoisotopic (exact) mass is 554 g/mol. The van der Waals surface area contributed by atoms with E-state index in [1.807, 2.05) is 29.9 Å². The van der Waals surface area contributed by atoms with Gasteiger partial charge < -0.3 is 20.3 Å². The second kappa shape index (κ2) is 12.1. The second-order valence-electron chi connectivity index (χ2n) is 8.13. The Kier molecular flexibility index (Phi) is 9.80. The van der Waals surface area contributed by atoms with Gasteiger partial charge in [0, 0.05) is 45.4 Å². The molecule has 176 valence electrons. The molecule has 1 aliphatic heterocycles. The number of hydrogen-bond acceptors (Lipinski definition) is 4. The van der Waals surface area contributed by atoms with Crippen molar-refractivity contribution in [1.82, 2.24) is 25.3 Å². The zero-order chi connectivity index (χ0) is 22.4. The lowest BCUT2D eigenvalue weighted by atomic mass is 10.0. The number of likely N-dealkylation sites (N-methyl/N-ethyl adjacent to an activating group) is 1. The maximum atomic E-state index is 12.1. The summed E-state index contributed by atoms with van der Waals surface area (Å²) in [5, 5.41) is 11.4. The highest BCUT2D eigenvalue weighted by Gasteiger charge is 2.22. The minimum atomic E-state index is -0.0323. The summed E-state index contributed by atoms with van der Waals surface area (Å²) in [6.07, 6.45) is 2.73. The lowest BCUT2D eigenvalue weighted by molar-refractivity contribution is -0.127. The van der Waals surface area contributed by atoms with Crippen molar-refractivity contribution in [2.24, 2.45) is 12.0 Å². The van der Waals surface area contributed by atoms with E-state index in [-0.39, 0.29) is 42.5 Å². The maximum absolute atomic E-state index is 12.1. The first-order chi connectivity index (χ1) is 14.9. The highest BCUT2D eigenvalue weighted by Crippen LogP contribution is 2.31. The van der Waals surface area contributed by atoms with E-state index in [0.717, 1.165) is 42.8 Å². The molecule has 32 heavy (non-hydrogen) atoms. The number of aryl methyl sites for hydroxylation is 2. The van der Waals surface area contributed by atoms with Crippen molar-refractivity contribution >= 4 is 35.8 Å². The third-order valence-electron chi connectivity index (χ3n) is 5.70. The van der Waals surface area contributed by atoms with Crippen LogP contribution in [0.25, 0.3) is 0 Å². The number of aliphatic imine (C=N–C) groups is 1. The van der Waals surface area contributed by atoms with Crippen LogP contribution >= 0.6 is 24.0 Å². The number of benzene rings is 1. The average Bonchev–Trinajstić information content (AvgIpc) is 3.00. The second-order valence-corrected chi connectivity index (χ2v) is 8.13. The number of halogens is 1. The number of fused-ring (bicyclic) bond motifs is 1. The Balaban J connectivity index is 0.00000363. The number of carbonyl (C=O) groups is 1. The molecule has 3 rings (SSSR count). The number of nitrogens with one attached hydrogen (secondary N) is 2. The van der Waals surface area contributed by atoms with E-state index >= 15 is 0 Å². The minimum Gasteiger partial charge on any atom is -0.493 e. The molecule has 0 spiro atoms. The molecule has 2 N–H and O–H groups in total. The average molecular weight is 554 g/mol. The molecular weight excluding hydrogens is 519 g/mol. The summed E-state index contributed by atoms with van der Waals surface area (Å²) in [6, 6.07) is 8.14. The largest absolute Gasteiger partial charge is 0.493 e. The van der Waals surface area contributed by atoms with Crippen LogP contribution in [0.5, 0.6) is 5.75 Å². The summed E-state index contributed by atoms with van der Waals surface area (Å²) in [6.45, 7) is 5.67. The first-order valence-electron chi connectivity index (χ1n) is 10.8. The smallest absolute Gasteiger partial charge is 0.243 e. The molecule has 2 aromatic rings. The van der Waals surface area contributed by atoms with Crippen LogP contribution in [0.3, 0.4) is 0 Å². The Morgan fingerprint density at radius 2 is 2.06 bits per heavy atom. The van der Waals surface area contributed by atoms with Gasteiger partial charge in [0.1, 0.15) is 12.3 Å². The van der Waals surface area contributed by atoms with E-state index in [2.05, 4.69) is 40.6 Å². The van der Waals surface area contributed by atoms with Crippen LogP contribution in [0.2, 0.25) is 0 Å². The number of amides is 1. The number of nitrogens with zero attached hydrogens (tertiary/aromatic N) is 4. The van der Waals surface area contributed by atoms with Crippen molar-refractivity contribution in [3.63, 3.8) is 0 Å². The third-order valence-corrected chi connectivity index (χ3v) is 5.70. The van der Waals surface area contributed by atoms with Crippen LogP contribution in [0.15, 0.2) is 29.3 Å². The standard InChI is InChI=1S/C23H34N6O2.HI/c1-16-18(17(2)29(5)27-16)10-8-13-24-23(25-15-22(30)28(3)4)26-20-12-14-31-21-11-7-6-9-19(20)21;/h6-7,9,11,20H,8,10,12-15H2,1-5H3,(H2,24,25,26);1H. The van der Waals surface area contributed by atoms with Gasteiger partial charge in [-0.05, 0) is 38.3 Å². The van der Waals surface area contributed by atoms with Crippen LogP contribution in [0.4, 0.5) is 0 Å². The van der Waals surface area contributed by atoms with E-state index in [4.69, 9.17) is 4.74 Å². The quantitative estimate of drug-likeness (QED) is 0.238. The first-order valence-corrected chi connectivity index (χ1v) is 10.8. The van der Waals surface area contributed by atoms with Crippen LogP contribution in [0.1, 0.15) is 41.4 Å². The fourth-order valence-corrected chi connectivity index (χ4v) is 3.75. The summed E-state index contributed by atoms with van der Waals surface area (Å²) in [5.41, 5.74) is 4.71. The van der Waals surface area contributed by atoms with Gasteiger partial charge in [-0.3, -0.25) is 9.48 Å². The number of para-hydroxylation sites is 1. The number of hydrogen-bond donors (Lipinski definition) is 2. The predicted octanol–water partition coefficient (Wildman–Crippen LogP) is 2.73. The topological polar surface area (TPSA) is 83.8 Å². The van der Waals surface area contributed by atoms with Gasteiger partial charge in [0.25, 0.3) is 0 Å². The Morgan fingerprint density at radius 1 is 1.31 bits per heavy atom. The van der Waals surface area contributed by atoms with Crippen molar-refractivity contribution in [2.75, 3.05) is 33.8 Å². The molecule has 9 heteroatoms. The van der Waals surface area contributed by atoms with E-state index < -0.39 is 0 Å². The maximum Gasteiger partial charge on any atom is 0.243 e. The first kappa shape index (κ1) is 26.0. The Hall–Kier alpha value is -2.30. The zero-order valence-electron chi connectivity index (χ0n) is 19.6. The lowest BCUT2D eigenvalue weighted by Crippen LogP contribution is -2.42. The summed E-state index contributed by atoms with van der Waals surface area (Å²) in [5.74, 6) is 1.52. The van der Waals surface area contributed by atoms with E-state index in [1.165, 1.54) is 11.3 Å². The highest BCUT2D eigenvalue weighted by molar-refractivity contribution is 14.0. The number of aromatic nitrogens is 2. The summed E-state index contributed by atoms with van der Waals surface area (Å²) in [4.78, 5) is 18.2. The molecule has 0 saturated heterocycles. The molecule has 1 aliphatic rings. The van der Waals surface area contributed by atoms with Crippen LogP contribution in [0, 0.1) is 13.8 Å². The van der Waals surface area contributed by atoms with Crippen molar-refractivity contribution < 1.29 is 9.53 Å². The molecule has 1 aromatic carbocycles. The zero-order valence-corrected chi connectivity index (χ0v) is 22.0. The Bertz CT molecular complexity index is 941. The predicted molar refractivity (Wildman–Crippen MR) is 138 cm³/mol. The molecule has 0 fully saturated rings. The molecule has 1 atom stereocenters. The number of carbonyl (C=O) groups excluding carboxylic acids is 1. The molecule has 0 bridgehead atoms. The third kappa shape index (κ3) is 6.60. The van der Waals surface area contributed by atoms with Crippen LogP contribution in [-0.4, -0.2) is 60.3 Å². The van der Waals surface area contributed by atoms with Gasteiger partial charge in [0.05, 0.1) is 18.3 Å². The molecule has 0 saturated carbocycles. The van der Waals surface area contributed by atoms with Gasteiger partial charge >= 0.3 is 0 Å². The van der Waals surface area contributed by atoms with Crippen LogP contribution in [-0.2, 0) is 18.3 Å². The molecule has 1 unspecified atom stereocenters. The molecule has 0 radical (unpaired) electrons. The molecule has 8 nitrogen and oxygen atoms in total. The fourth-order valence-electron chi connectivity index (χ4n) is 3.75. The molecule has 2 heterocycles. The highest BCUT2D eigenvalue weighted by atomic mass is 127. The van der Waals surface area contributed by atoms with Gasteiger partial charge in [0.2, 0.25) is 5.91 Å². The fraction of sp³-hybridized carbons (Fsp3) is 0.522. The van der Waals surface area contributed by atoms with Crippen molar-refractivity contribution in [3.05, 3.63) is 46.8 Å².